The molecule has 2 amide bonds. The molecule has 1 N–H and O–H groups in total. The molecule has 1 saturated heterocycles. The highest BCUT2D eigenvalue weighted by atomic mass is 19.1. The number of nitrogens with one attached hydrogen (secondary N) is 1. The molecule has 3 heterocycles. The molecule has 5 rings (SSSR count). The van der Waals surface area contributed by atoms with Gasteiger partial charge in [-0.1, -0.05) is 36.4 Å². The van der Waals surface area contributed by atoms with Crippen molar-refractivity contribution in [2.45, 2.75) is 38.1 Å². The lowest BCUT2D eigenvalue weighted by Crippen LogP contribution is -2.46. The second-order valence-electron chi connectivity index (χ2n) is 9.34. The average Bonchev–Trinajstić information content (AvgIpc) is 3.20. The summed E-state index contributed by atoms with van der Waals surface area (Å²) in [4.78, 5) is 33.3. The Kier molecular flexibility index (Phi) is 7.23. The van der Waals surface area contributed by atoms with Crippen molar-refractivity contribution in [3.8, 4) is 5.75 Å². The van der Waals surface area contributed by atoms with Crippen LogP contribution in [0.2, 0.25) is 0 Å². The van der Waals surface area contributed by atoms with Crippen LogP contribution in [0, 0.1) is 5.82 Å². The van der Waals surface area contributed by atoms with Gasteiger partial charge in [0, 0.05) is 62.2 Å². The molecule has 2 aromatic carbocycles. The number of aromatic nitrogens is 1. The molecule has 0 bridgehead atoms. The van der Waals surface area contributed by atoms with Gasteiger partial charge in [0.25, 0.3) is 0 Å². The highest BCUT2D eigenvalue weighted by Gasteiger charge is 2.30. The van der Waals surface area contributed by atoms with Crippen LogP contribution in [-0.2, 0) is 22.7 Å². The summed E-state index contributed by atoms with van der Waals surface area (Å²) in [6.45, 7) is 1.88. The summed E-state index contributed by atoms with van der Waals surface area (Å²) in [7, 11) is 0. The maximum absolute atomic E-state index is 14.7. The summed E-state index contributed by atoms with van der Waals surface area (Å²) in [6, 6.07) is 18.0. The van der Waals surface area contributed by atoms with Crippen molar-refractivity contribution in [1.29, 1.82) is 0 Å². The van der Waals surface area contributed by atoms with Gasteiger partial charge in [-0.3, -0.25) is 19.5 Å². The first kappa shape index (κ1) is 23.9. The van der Waals surface area contributed by atoms with Crippen LogP contribution >= 0.6 is 0 Å². The smallest absolute Gasteiger partial charge is 0.237 e. The Labute approximate surface area is 209 Å². The number of ether oxygens (including phenoxy) is 1. The predicted octanol–water partition coefficient (Wildman–Crippen LogP) is 3.46. The van der Waals surface area contributed by atoms with Gasteiger partial charge in [-0.2, -0.15) is 0 Å². The number of fused-ring (bicyclic) bond motifs is 1. The molecule has 1 aromatic heterocycles. The number of hydrogen-bond acceptors (Lipinski definition) is 5. The Hall–Kier alpha value is -3.78. The van der Waals surface area contributed by atoms with E-state index in [1.54, 1.807) is 35.5 Å². The van der Waals surface area contributed by atoms with Crippen LogP contribution in [0.15, 0.2) is 73.1 Å². The van der Waals surface area contributed by atoms with E-state index in [1.165, 1.54) is 6.07 Å². The summed E-state index contributed by atoms with van der Waals surface area (Å²) >= 11 is 0. The van der Waals surface area contributed by atoms with E-state index in [4.69, 9.17) is 4.74 Å². The molecule has 36 heavy (non-hydrogen) atoms. The van der Waals surface area contributed by atoms with Gasteiger partial charge in [-0.15, -0.1) is 0 Å². The molecule has 2 atom stereocenters. The first-order chi connectivity index (χ1) is 17.5. The van der Waals surface area contributed by atoms with Crippen molar-refractivity contribution < 1.29 is 18.7 Å². The molecule has 0 aliphatic carbocycles. The van der Waals surface area contributed by atoms with Crippen LogP contribution in [0.5, 0.6) is 5.75 Å². The Bertz CT molecular complexity index is 1220. The molecular weight excluding hydrogens is 459 g/mol. The molecule has 2 aliphatic heterocycles. The Morgan fingerprint density at radius 1 is 1.11 bits per heavy atom. The minimum atomic E-state index is -0.551. The summed E-state index contributed by atoms with van der Waals surface area (Å²) in [5.74, 6) is 0.331. The standard InChI is InChI=1S/C28H29FN4O3/c29-24-7-3-2-6-23(24)26-18-32(16-21-5-1-4-8-25(21)36-26)19-28(35)33(15-20-11-13-30-14-12-20)17-22-9-10-27(34)31-22/h1-8,11-14,22,26H,9-10,15-19H2,(H,31,34)/t22-,26+/m0/s1. The maximum atomic E-state index is 14.7. The number of nitrogens with zero attached hydrogens (tertiary/aromatic N) is 3. The molecule has 0 spiro atoms. The second-order valence-corrected chi connectivity index (χ2v) is 9.34. The molecule has 8 heteroatoms. The van der Waals surface area contributed by atoms with Gasteiger partial charge in [0.05, 0.1) is 6.54 Å². The number of rotatable bonds is 7. The van der Waals surface area contributed by atoms with Crippen LogP contribution in [0.25, 0.3) is 0 Å². The molecule has 7 nitrogen and oxygen atoms in total. The fourth-order valence-corrected chi connectivity index (χ4v) is 4.83. The van der Waals surface area contributed by atoms with Gasteiger partial charge in [0.2, 0.25) is 11.8 Å². The first-order valence-electron chi connectivity index (χ1n) is 12.2. The number of benzene rings is 2. The predicted molar refractivity (Wildman–Crippen MR) is 132 cm³/mol. The van der Waals surface area contributed by atoms with Gasteiger partial charge in [-0.25, -0.2) is 4.39 Å². The monoisotopic (exact) mass is 488 g/mol. The van der Waals surface area contributed by atoms with Gasteiger partial charge in [0.15, 0.2) is 0 Å². The number of halogens is 1. The normalized spacial score (nSPS) is 19.6. The summed E-state index contributed by atoms with van der Waals surface area (Å²) in [5, 5.41) is 2.97. The van der Waals surface area contributed by atoms with Crippen molar-refractivity contribution in [2.24, 2.45) is 0 Å². The topological polar surface area (TPSA) is 74.8 Å². The van der Waals surface area contributed by atoms with Crippen LogP contribution < -0.4 is 10.1 Å². The molecule has 0 saturated carbocycles. The van der Waals surface area contributed by atoms with Crippen molar-refractivity contribution in [1.82, 2.24) is 20.1 Å². The van der Waals surface area contributed by atoms with Gasteiger partial charge < -0.3 is 15.0 Å². The van der Waals surface area contributed by atoms with E-state index in [0.29, 0.717) is 50.3 Å². The summed E-state index contributed by atoms with van der Waals surface area (Å²) in [5.41, 5.74) is 2.39. The van der Waals surface area contributed by atoms with Crippen LogP contribution in [0.4, 0.5) is 4.39 Å². The fraction of sp³-hybridized carbons (Fsp3) is 0.321. The highest BCUT2D eigenvalue weighted by Crippen LogP contribution is 2.32. The van der Waals surface area contributed by atoms with E-state index < -0.39 is 6.10 Å². The minimum Gasteiger partial charge on any atom is -0.484 e. The summed E-state index contributed by atoms with van der Waals surface area (Å²) < 4.78 is 20.9. The third kappa shape index (κ3) is 5.71. The Balaban J connectivity index is 1.37. The van der Waals surface area contributed by atoms with Crippen LogP contribution in [0.3, 0.4) is 0 Å². The first-order valence-corrected chi connectivity index (χ1v) is 12.2. The fourth-order valence-electron chi connectivity index (χ4n) is 4.83. The molecular formula is C28H29FN4O3. The zero-order valence-electron chi connectivity index (χ0n) is 20.0. The number of carbonyl (C=O) groups is 2. The Morgan fingerprint density at radius 2 is 1.89 bits per heavy atom. The van der Waals surface area contributed by atoms with E-state index in [2.05, 4.69) is 10.3 Å². The van der Waals surface area contributed by atoms with E-state index >= 15 is 0 Å². The molecule has 0 radical (unpaired) electrons. The third-order valence-electron chi connectivity index (χ3n) is 6.67. The zero-order valence-corrected chi connectivity index (χ0v) is 20.0. The van der Waals surface area contributed by atoms with Gasteiger partial charge >= 0.3 is 0 Å². The van der Waals surface area contributed by atoms with Crippen LogP contribution in [0.1, 0.15) is 35.6 Å². The van der Waals surface area contributed by atoms with Gasteiger partial charge in [-0.05, 0) is 36.2 Å². The van der Waals surface area contributed by atoms with Crippen molar-refractivity contribution in [3.05, 3.63) is 95.6 Å². The van der Waals surface area contributed by atoms with Crippen molar-refractivity contribution >= 4 is 11.8 Å². The minimum absolute atomic E-state index is 0.0188. The quantitative estimate of drug-likeness (QED) is 0.551. The van der Waals surface area contributed by atoms with E-state index in [9.17, 15) is 14.0 Å². The number of hydrogen-bond donors (Lipinski definition) is 1. The highest BCUT2D eigenvalue weighted by molar-refractivity contribution is 5.80. The van der Waals surface area contributed by atoms with E-state index in [-0.39, 0.29) is 30.2 Å². The molecule has 2 aliphatic rings. The maximum Gasteiger partial charge on any atom is 0.237 e. The second kappa shape index (κ2) is 10.9. The number of pyridine rings is 1. The van der Waals surface area contributed by atoms with Gasteiger partial charge in [0.1, 0.15) is 17.7 Å². The lowest BCUT2D eigenvalue weighted by atomic mass is 10.1. The SMILES string of the molecule is O=C1CC[C@@H](CN(Cc2ccncc2)C(=O)CN2Cc3ccccc3O[C@@H](c3ccccc3F)C2)N1. The zero-order chi connectivity index (χ0) is 24.9. The van der Waals surface area contributed by atoms with E-state index in [1.807, 2.05) is 41.3 Å². The van der Waals surface area contributed by atoms with E-state index in [0.717, 1.165) is 11.1 Å². The summed E-state index contributed by atoms with van der Waals surface area (Å²) in [6.07, 6.45) is 4.05. The van der Waals surface area contributed by atoms with Crippen molar-refractivity contribution in [3.63, 3.8) is 0 Å². The molecule has 3 aromatic rings. The number of amides is 2. The Morgan fingerprint density at radius 3 is 2.67 bits per heavy atom. The van der Waals surface area contributed by atoms with Crippen molar-refractivity contribution in [2.75, 3.05) is 19.6 Å². The number of carbonyl (C=O) groups excluding carboxylic acids is 2. The molecule has 0 unspecified atom stereocenters. The lowest BCUT2D eigenvalue weighted by molar-refractivity contribution is -0.134. The number of para-hydroxylation sites is 1. The molecule has 1 fully saturated rings. The average molecular weight is 489 g/mol. The lowest BCUT2D eigenvalue weighted by Gasteiger charge is -2.30. The molecule has 186 valence electrons. The van der Waals surface area contributed by atoms with Crippen LogP contribution in [-0.4, -0.2) is 52.3 Å². The third-order valence-corrected chi connectivity index (χ3v) is 6.67. The largest absolute Gasteiger partial charge is 0.484 e.